The number of fused-ring (bicyclic) bond motifs is 3. The smallest absolute Gasteiger partial charge is 0.230 e. The fraction of sp³-hybridized carbons (Fsp3) is 0.385. The topological polar surface area (TPSA) is 115 Å². The maximum Gasteiger partial charge on any atom is 0.230 e. The predicted octanol–water partition coefficient (Wildman–Crippen LogP) is 2.84. The second kappa shape index (κ2) is 9.07. The van der Waals surface area contributed by atoms with Gasteiger partial charge >= 0.3 is 0 Å². The van der Waals surface area contributed by atoms with Crippen molar-refractivity contribution >= 4 is 27.5 Å². The van der Waals surface area contributed by atoms with Crippen LogP contribution < -0.4 is 9.62 Å². The standard InChI is InChI=1S/C26H29N7O3S/c1-16-24(32(2)31-29-16)19-13-20-23(27-14-19)22-21(15-28-26(22)30-37(3,34)35)33(20)25(17-7-5-4-6-8-17)18-9-11-36-12-10-18/h4-8,13-15,18,21,25,30H,9-12H2,1-3H3/t21?,25-/m1/s1. The van der Waals surface area contributed by atoms with Gasteiger partial charge in [0.05, 0.1) is 46.7 Å². The minimum Gasteiger partial charge on any atom is -0.381 e. The summed E-state index contributed by atoms with van der Waals surface area (Å²) in [4.78, 5) is 11.8. The highest BCUT2D eigenvalue weighted by Crippen LogP contribution is 2.50. The molecule has 1 saturated heterocycles. The Kier molecular flexibility index (Phi) is 5.84. The number of sulfonamides is 1. The summed E-state index contributed by atoms with van der Waals surface area (Å²) in [6.07, 6.45) is 6.64. The number of anilines is 1. The average Bonchev–Trinajstić information content (AvgIpc) is 3.53. The first kappa shape index (κ1) is 23.8. The van der Waals surface area contributed by atoms with E-state index in [9.17, 15) is 8.42 Å². The summed E-state index contributed by atoms with van der Waals surface area (Å²) in [5.41, 5.74) is 6.27. The lowest BCUT2D eigenvalue weighted by molar-refractivity contribution is 0.0573. The van der Waals surface area contributed by atoms with E-state index in [4.69, 9.17) is 9.72 Å². The fourth-order valence-corrected chi connectivity index (χ4v) is 6.32. The zero-order valence-electron chi connectivity index (χ0n) is 21.0. The monoisotopic (exact) mass is 519 g/mol. The molecule has 3 aliphatic rings. The number of ether oxygens (including phenoxy) is 1. The van der Waals surface area contributed by atoms with E-state index in [1.807, 2.05) is 26.3 Å². The molecular formula is C26H29N7O3S. The summed E-state index contributed by atoms with van der Waals surface area (Å²) in [7, 11) is -1.65. The molecule has 1 unspecified atom stereocenters. The van der Waals surface area contributed by atoms with Gasteiger partial charge in [-0.3, -0.25) is 9.71 Å². The minimum atomic E-state index is -3.52. The Morgan fingerprint density at radius 2 is 1.92 bits per heavy atom. The van der Waals surface area contributed by atoms with Crippen LogP contribution in [0.1, 0.15) is 35.8 Å². The third kappa shape index (κ3) is 4.21. The van der Waals surface area contributed by atoms with Crippen molar-refractivity contribution in [2.75, 3.05) is 24.4 Å². The SMILES string of the molecule is Cc1nnn(C)c1-c1cnc2c(c1)N([C@H](c1ccccc1)C1CCOCC1)C1C=NC(NS(C)(=O)=O)=C21. The highest BCUT2D eigenvalue weighted by atomic mass is 32.2. The summed E-state index contributed by atoms with van der Waals surface area (Å²) < 4.78 is 34.4. The molecule has 0 bridgehead atoms. The van der Waals surface area contributed by atoms with Gasteiger partial charge in [0, 0.05) is 38.2 Å². The Hall–Kier alpha value is -3.57. The molecule has 10 nitrogen and oxygen atoms in total. The second-order valence-corrected chi connectivity index (χ2v) is 11.6. The molecule has 11 heteroatoms. The molecule has 2 atom stereocenters. The molecule has 0 aliphatic carbocycles. The molecule has 0 spiro atoms. The molecule has 1 aromatic carbocycles. The van der Waals surface area contributed by atoms with E-state index < -0.39 is 10.0 Å². The third-order valence-electron chi connectivity index (χ3n) is 7.30. The Labute approximate surface area is 216 Å². The molecule has 0 amide bonds. The van der Waals surface area contributed by atoms with Gasteiger partial charge in [-0.1, -0.05) is 35.5 Å². The van der Waals surface area contributed by atoms with Gasteiger partial charge in [0.25, 0.3) is 0 Å². The second-order valence-electron chi connectivity index (χ2n) is 9.81. The van der Waals surface area contributed by atoms with Gasteiger partial charge in [-0.25, -0.2) is 18.1 Å². The van der Waals surface area contributed by atoms with Crippen molar-refractivity contribution in [2.45, 2.75) is 31.8 Å². The maximum absolute atomic E-state index is 12.2. The highest BCUT2D eigenvalue weighted by molar-refractivity contribution is 7.88. The number of aromatic nitrogens is 4. The van der Waals surface area contributed by atoms with Gasteiger partial charge in [-0.2, -0.15) is 0 Å². The lowest BCUT2D eigenvalue weighted by Gasteiger charge is -2.40. The van der Waals surface area contributed by atoms with Crippen LogP contribution in [0.3, 0.4) is 0 Å². The number of benzene rings is 1. The van der Waals surface area contributed by atoms with Crippen LogP contribution in [0.5, 0.6) is 0 Å². The maximum atomic E-state index is 12.2. The van der Waals surface area contributed by atoms with E-state index in [1.54, 1.807) is 10.9 Å². The van der Waals surface area contributed by atoms with Crippen molar-refractivity contribution in [3.05, 3.63) is 65.4 Å². The molecule has 6 rings (SSSR count). The van der Waals surface area contributed by atoms with Gasteiger partial charge < -0.3 is 9.64 Å². The lowest BCUT2D eigenvalue weighted by Crippen LogP contribution is -2.41. The minimum absolute atomic E-state index is 0.0261. The third-order valence-corrected chi connectivity index (χ3v) is 7.86. The Balaban J connectivity index is 1.56. The van der Waals surface area contributed by atoms with Crippen molar-refractivity contribution in [2.24, 2.45) is 18.0 Å². The number of rotatable bonds is 6. The van der Waals surface area contributed by atoms with E-state index in [-0.39, 0.29) is 12.1 Å². The first-order valence-corrected chi connectivity index (χ1v) is 14.2. The molecule has 1 fully saturated rings. The number of nitrogens with one attached hydrogen (secondary N) is 1. The molecule has 5 heterocycles. The number of nitrogens with zero attached hydrogens (tertiary/aromatic N) is 6. The fourth-order valence-electron chi connectivity index (χ4n) is 5.81. The number of hydrogen-bond donors (Lipinski definition) is 1. The normalized spacial score (nSPS) is 20.3. The van der Waals surface area contributed by atoms with Crippen LogP contribution in [-0.2, 0) is 21.8 Å². The van der Waals surface area contributed by atoms with Crippen LogP contribution in [0.15, 0.2) is 53.4 Å². The molecular weight excluding hydrogens is 490 g/mol. The van der Waals surface area contributed by atoms with Crippen LogP contribution in [0.4, 0.5) is 5.69 Å². The van der Waals surface area contributed by atoms with Gasteiger partial charge in [-0.15, -0.1) is 5.10 Å². The van der Waals surface area contributed by atoms with E-state index in [2.05, 4.69) is 55.3 Å². The quantitative estimate of drug-likeness (QED) is 0.533. The molecule has 3 aliphatic heterocycles. The average molecular weight is 520 g/mol. The molecule has 192 valence electrons. The summed E-state index contributed by atoms with van der Waals surface area (Å²) in [6, 6.07) is 12.4. The highest BCUT2D eigenvalue weighted by Gasteiger charge is 2.45. The van der Waals surface area contributed by atoms with Crippen molar-refractivity contribution < 1.29 is 13.2 Å². The molecule has 0 radical (unpaired) electrons. The Morgan fingerprint density at radius 1 is 1.16 bits per heavy atom. The molecule has 3 aromatic rings. The first-order valence-electron chi connectivity index (χ1n) is 12.4. The van der Waals surface area contributed by atoms with Gasteiger partial charge in [0.15, 0.2) is 0 Å². The van der Waals surface area contributed by atoms with Crippen molar-refractivity contribution in [3.63, 3.8) is 0 Å². The van der Waals surface area contributed by atoms with E-state index in [1.165, 1.54) is 5.56 Å². The zero-order valence-corrected chi connectivity index (χ0v) is 21.8. The largest absolute Gasteiger partial charge is 0.381 e. The van der Waals surface area contributed by atoms with Crippen LogP contribution in [0.25, 0.3) is 16.8 Å². The molecule has 0 saturated carbocycles. The number of hydrogen-bond acceptors (Lipinski definition) is 8. The molecule has 1 N–H and O–H groups in total. The van der Waals surface area contributed by atoms with Crippen molar-refractivity contribution in [1.82, 2.24) is 24.7 Å². The zero-order chi connectivity index (χ0) is 25.7. The number of aliphatic imine (C=N–C) groups is 1. The van der Waals surface area contributed by atoms with Gasteiger partial charge in [0.2, 0.25) is 10.0 Å². The number of pyridine rings is 1. The Morgan fingerprint density at radius 3 is 2.59 bits per heavy atom. The van der Waals surface area contributed by atoms with Crippen molar-refractivity contribution in [1.29, 1.82) is 0 Å². The van der Waals surface area contributed by atoms with Crippen LogP contribution in [0.2, 0.25) is 0 Å². The summed E-state index contributed by atoms with van der Waals surface area (Å²) in [5, 5.41) is 8.40. The summed E-state index contributed by atoms with van der Waals surface area (Å²) in [5.74, 6) is 0.668. The van der Waals surface area contributed by atoms with Gasteiger partial charge in [0.1, 0.15) is 5.82 Å². The lowest BCUT2D eigenvalue weighted by atomic mass is 9.85. The van der Waals surface area contributed by atoms with Crippen LogP contribution in [-0.4, -0.2) is 60.1 Å². The van der Waals surface area contributed by atoms with Crippen molar-refractivity contribution in [3.8, 4) is 11.3 Å². The predicted molar refractivity (Wildman–Crippen MR) is 141 cm³/mol. The van der Waals surface area contributed by atoms with E-state index in [0.717, 1.165) is 66.2 Å². The molecule has 2 aromatic heterocycles. The van der Waals surface area contributed by atoms with E-state index in [0.29, 0.717) is 11.7 Å². The van der Waals surface area contributed by atoms with Crippen LogP contribution in [0, 0.1) is 12.8 Å². The summed E-state index contributed by atoms with van der Waals surface area (Å²) >= 11 is 0. The summed E-state index contributed by atoms with van der Waals surface area (Å²) in [6.45, 7) is 3.37. The van der Waals surface area contributed by atoms with Gasteiger partial charge in [-0.05, 0) is 37.3 Å². The van der Waals surface area contributed by atoms with Crippen LogP contribution >= 0.6 is 0 Å². The Bertz CT molecular complexity index is 1490. The first-order chi connectivity index (χ1) is 17.8. The van der Waals surface area contributed by atoms with E-state index >= 15 is 0 Å². The molecule has 37 heavy (non-hydrogen) atoms. The number of aryl methyl sites for hydroxylation is 2.